The smallest absolute Gasteiger partial charge is 0.337 e. The van der Waals surface area contributed by atoms with Crippen LogP contribution >= 0.6 is 12.2 Å². The van der Waals surface area contributed by atoms with Gasteiger partial charge in [0.2, 0.25) is 0 Å². The highest BCUT2D eigenvalue weighted by Gasteiger charge is 2.42. The summed E-state index contributed by atoms with van der Waals surface area (Å²) in [6, 6.07) is 23.3. The largest absolute Gasteiger partial charge is 0.494 e. The number of thiocarbonyl (C=S) groups is 1. The first-order valence-corrected chi connectivity index (χ1v) is 12.9. The Kier molecular flexibility index (Phi) is 7.15. The zero-order valence-corrected chi connectivity index (χ0v) is 22.7. The summed E-state index contributed by atoms with van der Waals surface area (Å²) in [7, 11) is 1.39. The third kappa shape index (κ3) is 4.63. The van der Waals surface area contributed by atoms with Crippen molar-refractivity contribution >= 4 is 29.0 Å². The highest BCUT2D eigenvalue weighted by molar-refractivity contribution is 7.80. The Bertz CT molecular complexity index is 1450. The molecule has 1 N–H and O–H groups in total. The summed E-state index contributed by atoms with van der Waals surface area (Å²) in [6.07, 6.45) is 1.81. The Labute approximate surface area is 228 Å². The second-order valence-corrected chi connectivity index (χ2v) is 9.51. The first-order chi connectivity index (χ1) is 18.4. The zero-order valence-electron chi connectivity index (χ0n) is 21.8. The van der Waals surface area contributed by atoms with E-state index in [0.29, 0.717) is 17.3 Å². The van der Waals surface area contributed by atoms with Gasteiger partial charge >= 0.3 is 5.97 Å². The molecule has 38 heavy (non-hydrogen) atoms. The van der Waals surface area contributed by atoms with E-state index in [1.165, 1.54) is 7.11 Å². The van der Waals surface area contributed by atoms with Crippen molar-refractivity contribution in [1.82, 2.24) is 14.9 Å². The fourth-order valence-corrected chi connectivity index (χ4v) is 5.51. The average Bonchev–Trinajstić information content (AvgIpc) is 3.44. The van der Waals surface area contributed by atoms with Gasteiger partial charge in [-0.25, -0.2) is 4.79 Å². The van der Waals surface area contributed by atoms with Crippen molar-refractivity contribution in [2.45, 2.75) is 32.9 Å². The molecule has 0 unspecified atom stereocenters. The lowest BCUT2D eigenvalue weighted by Gasteiger charge is -2.28. The van der Waals surface area contributed by atoms with E-state index in [-0.39, 0.29) is 18.1 Å². The molecule has 5 rings (SSSR count). The molecule has 8 heteroatoms. The number of anilines is 1. The second kappa shape index (κ2) is 10.7. The third-order valence-electron chi connectivity index (χ3n) is 6.86. The number of benzene rings is 2. The molecule has 0 spiro atoms. The molecule has 1 aliphatic heterocycles. The summed E-state index contributed by atoms with van der Waals surface area (Å²) >= 11 is 5.89. The Morgan fingerprint density at radius 1 is 1.03 bits per heavy atom. The van der Waals surface area contributed by atoms with E-state index >= 15 is 0 Å². The van der Waals surface area contributed by atoms with Gasteiger partial charge in [0.05, 0.1) is 37.1 Å². The number of pyridine rings is 1. The minimum atomic E-state index is -0.354. The molecule has 3 heterocycles. The zero-order chi connectivity index (χ0) is 26.8. The van der Waals surface area contributed by atoms with Gasteiger partial charge in [0.15, 0.2) is 5.11 Å². The number of aromatic nitrogens is 2. The van der Waals surface area contributed by atoms with Gasteiger partial charge in [-0.1, -0.05) is 6.07 Å². The molecule has 194 valence electrons. The Morgan fingerprint density at radius 2 is 1.74 bits per heavy atom. The quantitative estimate of drug-likeness (QED) is 0.239. The lowest BCUT2D eigenvalue weighted by atomic mass is 9.96. The van der Waals surface area contributed by atoms with Gasteiger partial charge in [0.25, 0.3) is 0 Å². The van der Waals surface area contributed by atoms with Crippen LogP contribution in [-0.2, 0) is 4.74 Å². The van der Waals surface area contributed by atoms with Crippen molar-refractivity contribution in [3.63, 3.8) is 0 Å². The molecule has 0 radical (unpaired) electrons. The maximum Gasteiger partial charge on any atom is 0.337 e. The van der Waals surface area contributed by atoms with Gasteiger partial charge in [0, 0.05) is 29.0 Å². The van der Waals surface area contributed by atoms with Crippen LogP contribution in [0.3, 0.4) is 0 Å². The summed E-state index contributed by atoms with van der Waals surface area (Å²) in [4.78, 5) is 18.8. The number of carbonyl (C=O) groups is 1. The summed E-state index contributed by atoms with van der Waals surface area (Å²) in [5.74, 6) is 0.466. The SMILES string of the molecule is CCOc1ccc(N2C(=S)N[C@H](c3ccccn3)[C@@H]2c2cc(C)n(-c3ccc(C(=O)OC)cc3)c2C)cc1. The van der Waals surface area contributed by atoms with Crippen LogP contribution in [0.1, 0.15) is 52.0 Å². The molecule has 0 bridgehead atoms. The van der Waals surface area contributed by atoms with E-state index in [1.54, 1.807) is 12.1 Å². The van der Waals surface area contributed by atoms with Gasteiger partial charge < -0.3 is 24.3 Å². The van der Waals surface area contributed by atoms with Crippen molar-refractivity contribution in [1.29, 1.82) is 0 Å². The molecule has 4 aromatic rings. The van der Waals surface area contributed by atoms with Crippen molar-refractivity contribution in [3.05, 3.63) is 107 Å². The number of rotatable bonds is 7. The molecular formula is C30H30N4O3S. The highest BCUT2D eigenvalue weighted by atomic mass is 32.1. The molecular weight excluding hydrogens is 496 g/mol. The van der Waals surface area contributed by atoms with Crippen LogP contribution in [0.25, 0.3) is 5.69 Å². The van der Waals surface area contributed by atoms with Crippen LogP contribution in [0.15, 0.2) is 79.0 Å². The summed E-state index contributed by atoms with van der Waals surface area (Å²) in [5, 5.41) is 4.17. The van der Waals surface area contributed by atoms with Crippen LogP contribution < -0.4 is 15.0 Å². The monoisotopic (exact) mass is 526 g/mol. The van der Waals surface area contributed by atoms with Crippen LogP contribution in [0.4, 0.5) is 5.69 Å². The van der Waals surface area contributed by atoms with Gasteiger partial charge in [-0.15, -0.1) is 0 Å². The number of hydrogen-bond acceptors (Lipinski definition) is 5. The molecule has 2 aromatic heterocycles. The van der Waals surface area contributed by atoms with Crippen LogP contribution in [-0.4, -0.2) is 34.3 Å². The maximum absolute atomic E-state index is 11.9. The van der Waals surface area contributed by atoms with Crippen molar-refractivity contribution in [2.24, 2.45) is 0 Å². The summed E-state index contributed by atoms with van der Waals surface area (Å²) in [5.41, 5.74) is 6.67. The fourth-order valence-electron chi connectivity index (χ4n) is 5.17. The number of esters is 1. The standard InChI is InChI=1S/C30H30N4O3S/c1-5-37-24-15-13-23(14-16-24)34-28(27(32-30(34)38)26-8-6-7-17-31-26)25-18-19(2)33(20(25)3)22-11-9-21(10-12-22)29(35)36-4/h6-18,27-28H,5H2,1-4H3,(H,32,38)/t27-,28+/m1/s1. The first-order valence-electron chi connectivity index (χ1n) is 12.5. The van der Waals surface area contributed by atoms with Crippen LogP contribution in [0, 0.1) is 13.8 Å². The predicted molar refractivity (Wildman–Crippen MR) is 152 cm³/mol. The minimum absolute atomic E-state index is 0.135. The van der Waals surface area contributed by atoms with E-state index in [0.717, 1.165) is 39.8 Å². The Morgan fingerprint density at radius 3 is 2.37 bits per heavy atom. The molecule has 1 saturated heterocycles. The maximum atomic E-state index is 11.9. The third-order valence-corrected chi connectivity index (χ3v) is 7.17. The normalized spacial score (nSPS) is 16.8. The van der Waals surface area contributed by atoms with Gasteiger partial charge in [-0.2, -0.15) is 0 Å². The number of ether oxygens (including phenoxy) is 2. The van der Waals surface area contributed by atoms with Crippen molar-refractivity contribution < 1.29 is 14.3 Å². The lowest BCUT2D eigenvalue weighted by molar-refractivity contribution is 0.0600. The van der Waals surface area contributed by atoms with Crippen LogP contribution in [0.5, 0.6) is 5.75 Å². The number of nitrogens with zero attached hydrogens (tertiary/aromatic N) is 3. The predicted octanol–water partition coefficient (Wildman–Crippen LogP) is 5.85. The molecule has 7 nitrogen and oxygen atoms in total. The molecule has 2 aromatic carbocycles. The van der Waals surface area contributed by atoms with Crippen molar-refractivity contribution in [3.8, 4) is 11.4 Å². The van der Waals surface area contributed by atoms with Crippen molar-refractivity contribution in [2.75, 3.05) is 18.6 Å². The molecule has 0 aliphatic carbocycles. The highest BCUT2D eigenvalue weighted by Crippen LogP contribution is 2.44. The summed E-state index contributed by atoms with van der Waals surface area (Å²) < 4.78 is 12.7. The van der Waals surface area contributed by atoms with Gasteiger partial charge in [-0.05, 0) is 105 Å². The van der Waals surface area contributed by atoms with E-state index in [4.69, 9.17) is 21.7 Å². The van der Waals surface area contributed by atoms with E-state index in [9.17, 15) is 4.79 Å². The van der Waals surface area contributed by atoms with Gasteiger partial charge in [0.1, 0.15) is 5.75 Å². The topological polar surface area (TPSA) is 68.6 Å². The van der Waals surface area contributed by atoms with Gasteiger partial charge in [-0.3, -0.25) is 4.98 Å². The summed E-state index contributed by atoms with van der Waals surface area (Å²) in [6.45, 7) is 6.78. The van der Waals surface area contributed by atoms with Crippen LogP contribution in [0.2, 0.25) is 0 Å². The van der Waals surface area contributed by atoms with E-state index in [2.05, 4.69) is 39.7 Å². The number of carbonyl (C=O) groups excluding carboxylic acids is 1. The van der Waals surface area contributed by atoms with E-state index < -0.39 is 0 Å². The number of nitrogens with one attached hydrogen (secondary N) is 1. The lowest BCUT2D eigenvalue weighted by Crippen LogP contribution is -2.29. The van der Waals surface area contributed by atoms with E-state index in [1.807, 2.05) is 67.7 Å². The molecule has 1 fully saturated rings. The number of methoxy groups -OCH3 is 1. The Balaban J connectivity index is 1.60. The number of hydrogen-bond donors (Lipinski definition) is 1. The molecule has 2 atom stereocenters. The second-order valence-electron chi connectivity index (χ2n) is 9.12. The Hall–Kier alpha value is -4.17. The minimum Gasteiger partial charge on any atom is -0.494 e. The first kappa shape index (κ1) is 25.5. The molecule has 0 saturated carbocycles. The molecule has 1 aliphatic rings. The average molecular weight is 527 g/mol. The molecule has 0 amide bonds. The fraction of sp³-hybridized carbons (Fsp3) is 0.233. The number of aryl methyl sites for hydroxylation is 1.